The molecule has 2 N–H and O–H groups in total. The van der Waals surface area contributed by atoms with Crippen LogP contribution in [0.3, 0.4) is 0 Å². The molecule has 0 aromatic heterocycles. The van der Waals surface area contributed by atoms with Crippen LogP contribution in [0.4, 0.5) is 0 Å². The number of carbonyl (C=O) groups is 2. The molecule has 1 rings (SSSR count). The van der Waals surface area contributed by atoms with Crippen LogP contribution in [-0.4, -0.2) is 12.2 Å². The molecule has 0 unspecified atom stereocenters. The van der Waals surface area contributed by atoms with Crippen molar-refractivity contribution < 1.29 is 9.59 Å². The van der Waals surface area contributed by atoms with Gasteiger partial charge in [0.25, 0.3) is 5.91 Å². The fraction of sp³-hybridized carbons (Fsp3) is 0. The van der Waals surface area contributed by atoms with Gasteiger partial charge in [0, 0.05) is 10.6 Å². The van der Waals surface area contributed by atoms with Gasteiger partial charge in [-0.2, -0.15) is 0 Å². The molecule has 0 spiro atoms. The van der Waals surface area contributed by atoms with Gasteiger partial charge in [-0.1, -0.05) is 23.2 Å². The van der Waals surface area contributed by atoms with Crippen molar-refractivity contribution in [3.63, 3.8) is 0 Å². The minimum absolute atomic E-state index is 0.000988. The standard InChI is InChI=1S/C8H5Cl2NO2/c9-5-1-4(3-12)7(8(11)13)6(10)2-5/h1-3H,(H2,11,13). The molecule has 0 fully saturated rings. The van der Waals surface area contributed by atoms with Crippen molar-refractivity contribution in [3.8, 4) is 0 Å². The minimum Gasteiger partial charge on any atom is -0.366 e. The van der Waals surface area contributed by atoms with Gasteiger partial charge in [0.2, 0.25) is 0 Å². The molecular formula is C8H5Cl2NO2. The molecule has 0 aliphatic rings. The third-order valence-electron chi connectivity index (χ3n) is 1.46. The van der Waals surface area contributed by atoms with Crippen molar-refractivity contribution in [2.24, 2.45) is 5.73 Å². The lowest BCUT2D eigenvalue weighted by atomic mass is 10.1. The second-order valence-corrected chi connectivity index (χ2v) is 3.18. The summed E-state index contributed by atoms with van der Waals surface area (Å²) in [6.07, 6.45) is 0.484. The first-order chi connectivity index (χ1) is 6.06. The van der Waals surface area contributed by atoms with Crippen LogP contribution >= 0.6 is 23.2 Å². The van der Waals surface area contributed by atoms with Crippen molar-refractivity contribution >= 4 is 35.4 Å². The average molecular weight is 218 g/mol. The molecule has 13 heavy (non-hydrogen) atoms. The van der Waals surface area contributed by atoms with E-state index in [2.05, 4.69) is 0 Å². The second-order valence-electron chi connectivity index (χ2n) is 2.33. The van der Waals surface area contributed by atoms with Crippen LogP contribution in [0.25, 0.3) is 0 Å². The zero-order valence-corrected chi connectivity index (χ0v) is 7.89. The first-order valence-electron chi connectivity index (χ1n) is 3.30. The van der Waals surface area contributed by atoms with Crippen molar-refractivity contribution in [2.45, 2.75) is 0 Å². The number of primary amides is 1. The van der Waals surface area contributed by atoms with E-state index in [-0.39, 0.29) is 21.2 Å². The molecule has 0 radical (unpaired) electrons. The Morgan fingerprint density at radius 2 is 2.00 bits per heavy atom. The summed E-state index contributed by atoms with van der Waals surface area (Å²) in [5.41, 5.74) is 5.12. The Labute approximate surface area is 84.4 Å². The topological polar surface area (TPSA) is 60.2 Å². The van der Waals surface area contributed by atoms with Gasteiger partial charge in [-0.15, -0.1) is 0 Å². The van der Waals surface area contributed by atoms with Gasteiger partial charge in [-0.3, -0.25) is 9.59 Å². The Bertz CT molecular complexity index is 377. The maximum absolute atomic E-state index is 10.8. The molecule has 0 heterocycles. The highest BCUT2D eigenvalue weighted by molar-refractivity contribution is 6.37. The largest absolute Gasteiger partial charge is 0.366 e. The Morgan fingerprint density at radius 1 is 1.38 bits per heavy atom. The van der Waals surface area contributed by atoms with Crippen LogP contribution < -0.4 is 5.73 Å². The number of amides is 1. The van der Waals surface area contributed by atoms with E-state index in [0.717, 1.165) is 0 Å². The first kappa shape index (κ1) is 10.0. The zero-order valence-electron chi connectivity index (χ0n) is 6.38. The van der Waals surface area contributed by atoms with Crippen LogP contribution in [0.2, 0.25) is 10.0 Å². The quantitative estimate of drug-likeness (QED) is 0.770. The SMILES string of the molecule is NC(=O)c1c(Cl)cc(Cl)cc1C=O. The smallest absolute Gasteiger partial charge is 0.250 e. The Kier molecular flexibility index (Phi) is 2.90. The van der Waals surface area contributed by atoms with Gasteiger partial charge in [0.05, 0.1) is 10.6 Å². The minimum atomic E-state index is -0.747. The van der Waals surface area contributed by atoms with Crippen molar-refractivity contribution in [3.05, 3.63) is 33.3 Å². The number of nitrogens with two attached hydrogens (primary N) is 1. The maximum atomic E-state index is 10.8. The fourth-order valence-electron chi connectivity index (χ4n) is 0.946. The number of rotatable bonds is 2. The van der Waals surface area contributed by atoms with E-state index < -0.39 is 5.91 Å². The van der Waals surface area contributed by atoms with Gasteiger partial charge >= 0.3 is 0 Å². The molecule has 1 aromatic carbocycles. The predicted molar refractivity (Wildman–Crippen MR) is 50.4 cm³/mol. The molecule has 3 nitrogen and oxygen atoms in total. The van der Waals surface area contributed by atoms with Gasteiger partial charge in [0.15, 0.2) is 6.29 Å². The molecule has 0 aliphatic heterocycles. The summed E-state index contributed by atoms with van der Waals surface area (Å²) >= 11 is 11.3. The fourth-order valence-corrected chi connectivity index (χ4v) is 1.55. The summed E-state index contributed by atoms with van der Waals surface area (Å²) < 4.78 is 0. The number of hydrogen-bond donors (Lipinski definition) is 1. The Morgan fingerprint density at radius 3 is 2.46 bits per heavy atom. The highest BCUT2D eigenvalue weighted by Gasteiger charge is 2.13. The number of carbonyl (C=O) groups excluding carboxylic acids is 2. The molecule has 1 amide bonds. The average Bonchev–Trinajstić information content (AvgIpc) is 2.01. The summed E-state index contributed by atoms with van der Waals surface area (Å²) in [5, 5.41) is 0.374. The molecule has 1 aromatic rings. The lowest BCUT2D eigenvalue weighted by Gasteiger charge is -2.03. The first-order valence-corrected chi connectivity index (χ1v) is 4.06. The molecule has 0 saturated heterocycles. The monoisotopic (exact) mass is 217 g/mol. The molecule has 0 saturated carbocycles. The zero-order chi connectivity index (χ0) is 10.0. The second kappa shape index (κ2) is 3.77. The highest BCUT2D eigenvalue weighted by Crippen LogP contribution is 2.23. The molecule has 0 bridgehead atoms. The predicted octanol–water partition coefficient (Wildman–Crippen LogP) is 1.90. The van der Waals surface area contributed by atoms with Crippen LogP contribution in [0, 0.1) is 0 Å². The van der Waals surface area contributed by atoms with Gasteiger partial charge in [-0.05, 0) is 12.1 Å². The lowest BCUT2D eigenvalue weighted by Crippen LogP contribution is -2.14. The van der Waals surface area contributed by atoms with Gasteiger partial charge in [-0.25, -0.2) is 0 Å². The number of aldehydes is 1. The van der Waals surface area contributed by atoms with Crippen LogP contribution in [-0.2, 0) is 0 Å². The van der Waals surface area contributed by atoms with Gasteiger partial charge < -0.3 is 5.73 Å². The summed E-state index contributed by atoms with van der Waals surface area (Å²) in [6.45, 7) is 0. The van der Waals surface area contributed by atoms with Crippen molar-refractivity contribution in [1.82, 2.24) is 0 Å². The van der Waals surface area contributed by atoms with E-state index in [1.54, 1.807) is 0 Å². The maximum Gasteiger partial charge on any atom is 0.250 e. The summed E-state index contributed by atoms with van der Waals surface area (Å²) in [6, 6.07) is 2.69. The molecular weight excluding hydrogens is 213 g/mol. The Hall–Kier alpha value is -1.06. The third-order valence-corrected chi connectivity index (χ3v) is 1.98. The van der Waals surface area contributed by atoms with E-state index in [9.17, 15) is 9.59 Å². The lowest BCUT2D eigenvalue weighted by molar-refractivity contribution is 0.0993. The van der Waals surface area contributed by atoms with Crippen LogP contribution in [0.1, 0.15) is 20.7 Å². The highest BCUT2D eigenvalue weighted by atomic mass is 35.5. The van der Waals surface area contributed by atoms with Crippen molar-refractivity contribution in [2.75, 3.05) is 0 Å². The van der Waals surface area contributed by atoms with Crippen LogP contribution in [0.15, 0.2) is 12.1 Å². The third kappa shape index (κ3) is 1.99. The van der Waals surface area contributed by atoms with E-state index in [1.807, 2.05) is 0 Å². The number of hydrogen-bond acceptors (Lipinski definition) is 2. The summed E-state index contributed by atoms with van der Waals surface area (Å²) in [7, 11) is 0. The number of halogens is 2. The van der Waals surface area contributed by atoms with E-state index >= 15 is 0 Å². The van der Waals surface area contributed by atoms with E-state index in [0.29, 0.717) is 6.29 Å². The van der Waals surface area contributed by atoms with E-state index in [4.69, 9.17) is 28.9 Å². The summed E-state index contributed by atoms with van der Waals surface area (Å²) in [5.74, 6) is -0.747. The molecule has 68 valence electrons. The molecule has 0 aliphatic carbocycles. The Balaban J connectivity index is 3.47. The summed E-state index contributed by atoms with van der Waals surface area (Å²) in [4.78, 5) is 21.4. The number of benzene rings is 1. The van der Waals surface area contributed by atoms with Crippen molar-refractivity contribution in [1.29, 1.82) is 0 Å². The van der Waals surface area contributed by atoms with E-state index in [1.165, 1.54) is 12.1 Å². The molecule has 0 atom stereocenters. The van der Waals surface area contributed by atoms with Crippen LogP contribution in [0.5, 0.6) is 0 Å². The molecule has 5 heteroatoms. The normalized spacial score (nSPS) is 9.69. The van der Waals surface area contributed by atoms with Gasteiger partial charge in [0.1, 0.15) is 0 Å².